The molecule has 1 unspecified atom stereocenters. The number of nitrogens with zero attached hydrogens (tertiary/aromatic N) is 1. The number of hydrogen-bond acceptors (Lipinski definition) is 3. The maximum Gasteiger partial charge on any atom is 0.343 e. The quantitative estimate of drug-likeness (QED) is 0.300. The van der Waals surface area contributed by atoms with Crippen molar-refractivity contribution in [1.82, 2.24) is 0 Å². The van der Waals surface area contributed by atoms with Crippen molar-refractivity contribution in [1.29, 1.82) is 5.26 Å². The lowest BCUT2D eigenvalue weighted by molar-refractivity contribution is 0.0734. The molecule has 0 saturated heterocycles. The summed E-state index contributed by atoms with van der Waals surface area (Å²) in [6, 6.07) is 15.5. The van der Waals surface area contributed by atoms with Crippen LogP contribution in [0, 0.1) is 23.2 Å². The molecule has 0 bridgehead atoms. The number of unbranched alkanes of at least 4 members (excludes halogenated alkanes) is 1. The Labute approximate surface area is 193 Å². The van der Waals surface area contributed by atoms with Crippen LogP contribution in [0.5, 0.6) is 5.75 Å². The van der Waals surface area contributed by atoms with E-state index in [-0.39, 0.29) is 0 Å². The first kappa shape index (κ1) is 24.1. The summed E-state index contributed by atoms with van der Waals surface area (Å²) in [4.78, 5) is 12.7. The Balaban J connectivity index is 1.58. The van der Waals surface area contributed by atoms with Crippen molar-refractivity contribution in [2.45, 2.75) is 84.5 Å². The van der Waals surface area contributed by atoms with Gasteiger partial charge in [-0.25, -0.2) is 4.79 Å². The third kappa shape index (κ3) is 6.22. The van der Waals surface area contributed by atoms with Gasteiger partial charge in [0.2, 0.25) is 0 Å². The molecule has 1 atom stereocenters. The molecule has 2 aromatic rings. The van der Waals surface area contributed by atoms with Crippen LogP contribution in [0.1, 0.15) is 105 Å². The number of carbonyl (C=O) groups is 1. The van der Waals surface area contributed by atoms with Gasteiger partial charge < -0.3 is 4.74 Å². The number of ether oxygens (including phenoxy) is 1. The van der Waals surface area contributed by atoms with Crippen molar-refractivity contribution in [3.8, 4) is 11.8 Å². The van der Waals surface area contributed by atoms with Crippen LogP contribution >= 0.6 is 0 Å². The molecule has 1 saturated carbocycles. The van der Waals surface area contributed by atoms with Crippen LogP contribution in [-0.2, 0) is 6.42 Å². The Kier molecular flexibility index (Phi) is 8.91. The summed E-state index contributed by atoms with van der Waals surface area (Å²) in [5.74, 6) is 2.21. The second-order valence-corrected chi connectivity index (χ2v) is 9.44. The van der Waals surface area contributed by atoms with E-state index < -0.39 is 5.97 Å². The maximum absolute atomic E-state index is 12.7. The van der Waals surface area contributed by atoms with Gasteiger partial charge in [-0.1, -0.05) is 64.7 Å². The number of benzene rings is 2. The van der Waals surface area contributed by atoms with Gasteiger partial charge in [-0.2, -0.15) is 5.26 Å². The minimum Gasteiger partial charge on any atom is -0.422 e. The number of nitriles is 1. The summed E-state index contributed by atoms with van der Waals surface area (Å²) in [5, 5.41) is 9.43. The van der Waals surface area contributed by atoms with Crippen molar-refractivity contribution in [2.75, 3.05) is 0 Å². The molecule has 170 valence electrons. The molecule has 0 spiro atoms. The standard InChI is InChI=1S/C29H37NO2/c1-4-6-8-21(3)23-10-12-24(13-11-23)25-14-16-26(17-15-25)29(31)32-28-18-9-22(7-5-2)19-27(28)20-30/h9,14-19,21,23-24H,4-8,10-13H2,1-3H3. The highest BCUT2D eigenvalue weighted by molar-refractivity contribution is 5.91. The van der Waals surface area contributed by atoms with Crippen LogP contribution in [0.3, 0.4) is 0 Å². The normalized spacial score (nSPS) is 19.2. The summed E-state index contributed by atoms with van der Waals surface area (Å²) in [6.45, 7) is 6.80. The minimum atomic E-state index is -0.412. The molecule has 0 radical (unpaired) electrons. The van der Waals surface area contributed by atoms with Crippen LogP contribution < -0.4 is 4.74 Å². The van der Waals surface area contributed by atoms with Gasteiger partial charge >= 0.3 is 5.97 Å². The van der Waals surface area contributed by atoms with Gasteiger partial charge in [-0.15, -0.1) is 0 Å². The molecule has 2 aromatic carbocycles. The Morgan fingerprint density at radius 1 is 1.06 bits per heavy atom. The van der Waals surface area contributed by atoms with Crippen molar-refractivity contribution >= 4 is 5.97 Å². The molecule has 3 nitrogen and oxygen atoms in total. The van der Waals surface area contributed by atoms with Crippen molar-refractivity contribution in [2.24, 2.45) is 11.8 Å². The molecule has 1 aliphatic rings. The molecule has 3 rings (SSSR count). The van der Waals surface area contributed by atoms with E-state index in [2.05, 4.69) is 39.0 Å². The average molecular weight is 432 g/mol. The third-order valence-corrected chi connectivity index (χ3v) is 7.11. The van der Waals surface area contributed by atoms with E-state index in [0.29, 0.717) is 22.8 Å². The fraction of sp³-hybridized carbons (Fsp3) is 0.517. The zero-order chi connectivity index (χ0) is 22.9. The largest absolute Gasteiger partial charge is 0.422 e. The lowest BCUT2D eigenvalue weighted by Crippen LogP contribution is -2.19. The molecule has 1 aliphatic carbocycles. The van der Waals surface area contributed by atoms with Crippen LogP contribution in [-0.4, -0.2) is 5.97 Å². The fourth-order valence-electron chi connectivity index (χ4n) is 5.03. The number of esters is 1. The first-order valence-electron chi connectivity index (χ1n) is 12.4. The van der Waals surface area contributed by atoms with Crippen molar-refractivity contribution in [3.63, 3.8) is 0 Å². The molecule has 3 heteroatoms. The second-order valence-electron chi connectivity index (χ2n) is 9.44. The Morgan fingerprint density at radius 2 is 1.78 bits per heavy atom. The van der Waals surface area contributed by atoms with Crippen LogP contribution in [0.25, 0.3) is 0 Å². The predicted octanol–water partition coefficient (Wildman–Crippen LogP) is 7.83. The topological polar surface area (TPSA) is 50.1 Å². The number of carbonyl (C=O) groups excluding carboxylic acids is 1. The van der Waals surface area contributed by atoms with E-state index in [1.54, 1.807) is 6.07 Å². The smallest absolute Gasteiger partial charge is 0.343 e. The zero-order valence-corrected chi connectivity index (χ0v) is 19.9. The summed E-state index contributed by atoms with van der Waals surface area (Å²) in [5.41, 5.74) is 3.34. The molecule has 0 aliphatic heterocycles. The van der Waals surface area contributed by atoms with Gasteiger partial charge in [0, 0.05) is 0 Å². The second kappa shape index (κ2) is 11.9. The molecular formula is C29H37NO2. The molecule has 0 aromatic heterocycles. The van der Waals surface area contributed by atoms with Crippen molar-refractivity contribution < 1.29 is 9.53 Å². The number of hydrogen-bond donors (Lipinski definition) is 0. The van der Waals surface area contributed by atoms with Gasteiger partial charge in [-0.05, 0) is 85.3 Å². The van der Waals surface area contributed by atoms with Gasteiger partial charge in [0.1, 0.15) is 11.8 Å². The zero-order valence-electron chi connectivity index (χ0n) is 19.9. The Hall–Kier alpha value is -2.60. The predicted molar refractivity (Wildman–Crippen MR) is 130 cm³/mol. The van der Waals surface area contributed by atoms with E-state index in [0.717, 1.165) is 30.2 Å². The van der Waals surface area contributed by atoms with E-state index in [9.17, 15) is 10.1 Å². The van der Waals surface area contributed by atoms with Gasteiger partial charge in [0.25, 0.3) is 0 Å². The molecule has 0 heterocycles. The van der Waals surface area contributed by atoms with Crippen LogP contribution in [0.15, 0.2) is 42.5 Å². The van der Waals surface area contributed by atoms with E-state index >= 15 is 0 Å². The summed E-state index contributed by atoms with van der Waals surface area (Å²) in [6.07, 6.45) is 11.0. The molecule has 32 heavy (non-hydrogen) atoms. The van der Waals surface area contributed by atoms with E-state index in [1.807, 2.05) is 24.3 Å². The third-order valence-electron chi connectivity index (χ3n) is 7.11. The molecule has 0 N–H and O–H groups in total. The summed E-state index contributed by atoms with van der Waals surface area (Å²) < 4.78 is 5.55. The Bertz CT molecular complexity index is 917. The highest BCUT2D eigenvalue weighted by Crippen LogP contribution is 2.40. The van der Waals surface area contributed by atoms with Gasteiger partial charge in [-0.3, -0.25) is 0 Å². The first-order valence-corrected chi connectivity index (χ1v) is 12.4. The fourth-order valence-corrected chi connectivity index (χ4v) is 5.03. The maximum atomic E-state index is 12.7. The Morgan fingerprint density at radius 3 is 2.41 bits per heavy atom. The molecule has 1 fully saturated rings. The summed E-state index contributed by atoms with van der Waals surface area (Å²) in [7, 11) is 0. The average Bonchev–Trinajstić information content (AvgIpc) is 2.83. The number of aryl methyl sites for hydroxylation is 1. The van der Waals surface area contributed by atoms with Crippen molar-refractivity contribution in [3.05, 3.63) is 64.7 Å². The highest BCUT2D eigenvalue weighted by atomic mass is 16.5. The number of rotatable bonds is 9. The van der Waals surface area contributed by atoms with E-state index in [4.69, 9.17) is 4.74 Å². The van der Waals surface area contributed by atoms with Gasteiger partial charge in [0.15, 0.2) is 0 Å². The lowest BCUT2D eigenvalue weighted by atomic mass is 9.73. The molecular weight excluding hydrogens is 394 g/mol. The van der Waals surface area contributed by atoms with Crippen LogP contribution in [0.4, 0.5) is 0 Å². The molecule has 0 amide bonds. The highest BCUT2D eigenvalue weighted by Gasteiger charge is 2.26. The van der Waals surface area contributed by atoms with Crippen LogP contribution in [0.2, 0.25) is 0 Å². The summed E-state index contributed by atoms with van der Waals surface area (Å²) >= 11 is 0. The SMILES string of the molecule is CCCCC(C)C1CCC(c2ccc(C(=O)Oc3ccc(CCC)cc3C#N)cc2)CC1. The monoisotopic (exact) mass is 431 g/mol. The minimum absolute atomic E-state index is 0.331. The lowest BCUT2D eigenvalue weighted by Gasteiger charge is -2.32. The van der Waals surface area contributed by atoms with E-state index in [1.165, 1.54) is 50.5 Å². The van der Waals surface area contributed by atoms with Gasteiger partial charge in [0.05, 0.1) is 11.1 Å². The first-order chi connectivity index (χ1) is 15.5.